The minimum absolute atomic E-state index is 0.180. The minimum Gasteiger partial charge on any atom is -0.383 e. The molecule has 1 rings (SSSR count). The zero-order valence-corrected chi connectivity index (χ0v) is 6.22. The number of methoxy groups -OCH3 is 1. The van der Waals surface area contributed by atoms with E-state index in [9.17, 15) is 9.59 Å². The van der Waals surface area contributed by atoms with Crippen LogP contribution in [0.25, 0.3) is 0 Å². The van der Waals surface area contributed by atoms with E-state index in [2.05, 4.69) is 10.6 Å². The summed E-state index contributed by atoms with van der Waals surface area (Å²) in [5, 5.41) is 4.93. The number of hydrogen-bond acceptors (Lipinski definition) is 4. The van der Waals surface area contributed by atoms with Crippen LogP contribution in [-0.4, -0.2) is 38.1 Å². The van der Waals surface area contributed by atoms with Gasteiger partial charge in [0.05, 0.1) is 13.2 Å². The van der Waals surface area contributed by atoms with Crippen LogP contribution in [0.4, 0.5) is 0 Å². The lowest BCUT2D eigenvalue weighted by atomic mass is 10.2. The molecule has 5 nitrogen and oxygen atoms in total. The summed E-state index contributed by atoms with van der Waals surface area (Å²) in [7, 11) is 1.51. The number of hydrogen-bond donors (Lipinski definition) is 2. The number of rotatable bonds is 2. The van der Waals surface area contributed by atoms with E-state index in [-0.39, 0.29) is 18.4 Å². The van der Waals surface area contributed by atoms with Crippen LogP contribution in [0.15, 0.2) is 0 Å². The summed E-state index contributed by atoms with van der Waals surface area (Å²) in [6.45, 7) is 0.471. The number of imide groups is 1. The number of ether oxygens (including phenoxy) is 1. The largest absolute Gasteiger partial charge is 0.383 e. The van der Waals surface area contributed by atoms with Gasteiger partial charge in [-0.3, -0.25) is 20.2 Å². The first kappa shape index (κ1) is 8.16. The number of carbonyl (C=O) groups excluding carboxylic acids is 2. The molecule has 1 atom stereocenters. The number of nitrogens with one attached hydrogen (secondary N) is 2. The molecule has 11 heavy (non-hydrogen) atoms. The van der Waals surface area contributed by atoms with Gasteiger partial charge in [-0.2, -0.15) is 0 Å². The first-order chi connectivity index (χ1) is 5.24. The summed E-state index contributed by atoms with van der Waals surface area (Å²) < 4.78 is 4.75. The molecular weight excluding hydrogens is 148 g/mol. The summed E-state index contributed by atoms with van der Waals surface area (Å²) in [6, 6.07) is -0.391. The van der Waals surface area contributed by atoms with Crippen LogP contribution in [-0.2, 0) is 14.3 Å². The third kappa shape index (κ3) is 1.99. The van der Waals surface area contributed by atoms with Gasteiger partial charge in [-0.25, -0.2) is 0 Å². The molecule has 2 amide bonds. The average molecular weight is 158 g/mol. The molecule has 1 heterocycles. The Kier molecular flexibility index (Phi) is 2.56. The fourth-order valence-electron chi connectivity index (χ4n) is 0.879. The van der Waals surface area contributed by atoms with Gasteiger partial charge in [0.1, 0.15) is 6.04 Å². The maximum Gasteiger partial charge on any atom is 0.246 e. The summed E-state index contributed by atoms with van der Waals surface area (Å²) in [5.41, 5.74) is 0. The van der Waals surface area contributed by atoms with Gasteiger partial charge in [0.25, 0.3) is 0 Å². The molecule has 1 aliphatic heterocycles. The van der Waals surface area contributed by atoms with E-state index in [1.54, 1.807) is 0 Å². The fourth-order valence-corrected chi connectivity index (χ4v) is 0.879. The van der Waals surface area contributed by atoms with Gasteiger partial charge in [0.2, 0.25) is 11.8 Å². The second-order valence-corrected chi connectivity index (χ2v) is 2.30. The van der Waals surface area contributed by atoms with Gasteiger partial charge in [0.15, 0.2) is 0 Å². The van der Waals surface area contributed by atoms with Crippen molar-refractivity contribution < 1.29 is 14.3 Å². The Labute approximate surface area is 64.1 Å². The van der Waals surface area contributed by atoms with Gasteiger partial charge in [-0.05, 0) is 0 Å². The molecule has 0 aromatic rings. The second-order valence-electron chi connectivity index (χ2n) is 2.30. The van der Waals surface area contributed by atoms with Gasteiger partial charge < -0.3 is 4.74 Å². The van der Waals surface area contributed by atoms with Crippen molar-refractivity contribution in [3.63, 3.8) is 0 Å². The van der Waals surface area contributed by atoms with E-state index in [1.165, 1.54) is 7.11 Å². The standard InChI is InChI=1S/C6H10N2O3/c1-11-3-4-6(10)8-5(9)2-7-4/h4,7H,2-3H2,1H3,(H,8,9,10). The molecule has 2 N–H and O–H groups in total. The normalized spacial score (nSPS) is 25.0. The topological polar surface area (TPSA) is 67.4 Å². The maximum absolute atomic E-state index is 10.9. The number of carbonyl (C=O) groups is 2. The fraction of sp³-hybridized carbons (Fsp3) is 0.667. The highest BCUT2D eigenvalue weighted by atomic mass is 16.5. The van der Waals surface area contributed by atoms with E-state index in [0.29, 0.717) is 6.61 Å². The SMILES string of the molecule is COCC1NCC(=O)NC1=O. The summed E-state index contributed by atoms with van der Waals surface area (Å²) in [5.74, 6) is -0.606. The second kappa shape index (κ2) is 3.45. The molecule has 0 aliphatic carbocycles. The predicted octanol–water partition coefficient (Wildman–Crippen LogP) is -1.75. The molecule has 1 fully saturated rings. The quantitative estimate of drug-likeness (QED) is 0.467. The summed E-state index contributed by atoms with van der Waals surface area (Å²) in [4.78, 5) is 21.5. The molecule has 0 saturated carbocycles. The van der Waals surface area contributed by atoms with Crippen molar-refractivity contribution in [2.45, 2.75) is 6.04 Å². The molecule has 5 heteroatoms. The van der Waals surface area contributed by atoms with Crippen molar-refractivity contribution in [1.29, 1.82) is 0 Å². The first-order valence-corrected chi connectivity index (χ1v) is 3.30. The van der Waals surface area contributed by atoms with Gasteiger partial charge in [0, 0.05) is 7.11 Å². The van der Waals surface area contributed by atoms with E-state index in [0.717, 1.165) is 0 Å². The monoisotopic (exact) mass is 158 g/mol. The lowest BCUT2D eigenvalue weighted by Crippen LogP contribution is -2.57. The van der Waals surface area contributed by atoms with Crippen LogP contribution >= 0.6 is 0 Å². The zero-order valence-electron chi connectivity index (χ0n) is 6.22. The van der Waals surface area contributed by atoms with Crippen LogP contribution in [0.2, 0.25) is 0 Å². The van der Waals surface area contributed by atoms with Crippen molar-refractivity contribution in [3.05, 3.63) is 0 Å². The van der Waals surface area contributed by atoms with E-state index in [1.807, 2.05) is 0 Å². The van der Waals surface area contributed by atoms with E-state index in [4.69, 9.17) is 4.74 Å². The van der Waals surface area contributed by atoms with Crippen molar-refractivity contribution >= 4 is 11.8 Å². The molecule has 0 aromatic heterocycles. The molecule has 1 saturated heterocycles. The Morgan fingerprint density at radius 3 is 2.91 bits per heavy atom. The average Bonchev–Trinajstić information content (AvgIpc) is 1.95. The van der Waals surface area contributed by atoms with Gasteiger partial charge in [-0.1, -0.05) is 0 Å². The molecule has 0 bridgehead atoms. The highest BCUT2D eigenvalue weighted by Gasteiger charge is 2.25. The maximum atomic E-state index is 10.9. The molecule has 1 unspecified atom stereocenters. The lowest BCUT2D eigenvalue weighted by molar-refractivity contribution is -0.135. The molecular formula is C6H10N2O3. The van der Waals surface area contributed by atoms with Crippen LogP contribution in [0.5, 0.6) is 0 Å². The Morgan fingerprint density at radius 2 is 2.36 bits per heavy atom. The number of piperazine rings is 1. The third-order valence-electron chi connectivity index (χ3n) is 1.42. The van der Waals surface area contributed by atoms with Crippen molar-refractivity contribution in [3.8, 4) is 0 Å². The molecule has 0 radical (unpaired) electrons. The van der Waals surface area contributed by atoms with Crippen molar-refractivity contribution in [2.24, 2.45) is 0 Å². The smallest absolute Gasteiger partial charge is 0.246 e. The van der Waals surface area contributed by atoms with Gasteiger partial charge >= 0.3 is 0 Å². The molecule has 0 aromatic carbocycles. The molecule has 0 spiro atoms. The highest BCUT2D eigenvalue weighted by molar-refractivity contribution is 6.01. The van der Waals surface area contributed by atoms with E-state index < -0.39 is 6.04 Å². The molecule has 1 aliphatic rings. The third-order valence-corrected chi connectivity index (χ3v) is 1.42. The summed E-state index contributed by atoms with van der Waals surface area (Å²) in [6.07, 6.45) is 0. The van der Waals surface area contributed by atoms with Crippen LogP contribution in [0.3, 0.4) is 0 Å². The van der Waals surface area contributed by atoms with Crippen molar-refractivity contribution in [1.82, 2.24) is 10.6 Å². The lowest BCUT2D eigenvalue weighted by Gasteiger charge is -2.21. The Morgan fingerprint density at radius 1 is 1.64 bits per heavy atom. The Bertz CT molecular complexity index is 181. The highest BCUT2D eigenvalue weighted by Crippen LogP contribution is 1.89. The molecule has 62 valence electrons. The Balaban J connectivity index is 2.44. The first-order valence-electron chi connectivity index (χ1n) is 3.30. The minimum atomic E-state index is -0.391. The Hall–Kier alpha value is -0.940. The van der Waals surface area contributed by atoms with Crippen LogP contribution in [0.1, 0.15) is 0 Å². The van der Waals surface area contributed by atoms with Gasteiger partial charge in [-0.15, -0.1) is 0 Å². The summed E-state index contributed by atoms with van der Waals surface area (Å²) >= 11 is 0. The van der Waals surface area contributed by atoms with E-state index >= 15 is 0 Å². The van der Waals surface area contributed by atoms with Crippen LogP contribution < -0.4 is 10.6 Å². The predicted molar refractivity (Wildman–Crippen MR) is 36.8 cm³/mol. The zero-order chi connectivity index (χ0) is 8.27. The van der Waals surface area contributed by atoms with Crippen LogP contribution in [0, 0.1) is 0 Å². The number of amides is 2. The van der Waals surface area contributed by atoms with Crippen molar-refractivity contribution in [2.75, 3.05) is 20.3 Å².